The number of nitrogens with one attached hydrogen (secondary N) is 2. The molecule has 0 bridgehead atoms. The summed E-state index contributed by atoms with van der Waals surface area (Å²) in [5.74, 6) is -0.00227. The molecule has 24 heavy (non-hydrogen) atoms. The third-order valence-electron chi connectivity index (χ3n) is 3.47. The Morgan fingerprint density at radius 1 is 1.08 bits per heavy atom. The van der Waals surface area contributed by atoms with E-state index in [1.54, 1.807) is 43.3 Å². The third kappa shape index (κ3) is 4.66. The molecule has 5 nitrogen and oxygen atoms in total. The van der Waals surface area contributed by atoms with Crippen LogP contribution in [-0.4, -0.2) is 20.9 Å². The number of aryl methyl sites for hydroxylation is 1. The van der Waals surface area contributed by atoms with Crippen molar-refractivity contribution in [3.63, 3.8) is 0 Å². The van der Waals surface area contributed by atoms with Gasteiger partial charge in [-0.05, 0) is 48.7 Å². The van der Waals surface area contributed by atoms with Gasteiger partial charge in [0.05, 0.1) is 4.90 Å². The zero-order valence-corrected chi connectivity index (χ0v) is 14.9. The van der Waals surface area contributed by atoms with Gasteiger partial charge in [-0.2, -0.15) is 0 Å². The van der Waals surface area contributed by atoms with Crippen molar-refractivity contribution in [1.29, 1.82) is 0 Å². The fourth-order valence-corrected chi connectivity index (χ4v) is 3.39. The largest absolute Gasteiger partial charge is 0.322 e. The summed E-state index contributed by atoms with van der Waals surface area (Å²) >= 11 is 0. The molecule has 0 unspecified atom stereocenters. The minimum atomic E-state index is -3.54. The van der Waals surface area contributed by atoms with Crippen LogP contribution < -0.4 is 10.0 Å². The SMILES string of the molecule is Cc1cc(S(=O)(=O)NCC(C)C)ccc1NC(=O)c1ccccc1. The number of carbonyl (C=O) groups is 1. The van der Waals surface area contributed by atoms with Crippen LogP contribution in [0.15, 0.2) is 53.4 Å². The van der Waals surface area contributed by atoms with E-state index in [-0.39, 0.29) is 16.7 Å². The number of carbonyl (C=O) groups excluding carboxylic acids is 1. The molecule has 0 radical (unpaired) electrons. The molecule has 6 heteroatoms. The number of rotatable bonds is 6. The lowest BCUT2D eigenvalue weighted by Crippen LogP contribution is -2.27. The second kappa shape index (κ2) is 7.59. The smallest absolute Gasteiger partial charge is 0.255 e. The summed E-state index contributed by atoms with van der Waals surface area (Å²) in [7, 11) is -3.54. The van der Waals surface area contributed by atoms with Crippen LogP contribution in [0.2, 0.25) is 0 Å². The number of amides is 1. The monoisotopic (exact) mass is 346 g/mol. The average molecular weight is 346 g/mol. The molecule has 0 spiro atoms. The topological polar surface area (TPSA) is 75.3 Å². The van der Waals surface area contributed by atoms with Crippen molar-refractivity contribution in [3.05, 3.63) is 59.7 Å². The molecule has 0 fully saturated rings. The minimum Gasteiger partial charge on any atom is -0.322 e. The maximum Gasteiger partial charge on any atom is 0.255 e. The zero-order valence-electron chi connectivity index (χ0n) is 14.0. The van der Waals surface area contributed by atoms with E-state index in [4.69, 9.17) is 0 Å². The Bertz CT molecular complexity index is 815. The van der Waals surface area contributed by atoms with Crippen LogP contribution in [0.5, 0.6) is 0 Å². The van der Waals surface area contributed by atoms with E-state index in [9.17, 15) is 13.2 Å². The van der Waals surface area contributed by atoms with Crippen molar-refractivity contribution in [2.45, 2.75) is 25.7 Å². The quantitative estimate of drug-likeness (QED) is 0.843. The molecular formula is C18H22N2O3S. The number of sulfonamides is 1. The molecule has 0 aliphatic heterocycles. The van der Waals surface area contributed by atoms with Gasteiger partial charge in [0.1, 0.15) is 0 Å². The Morgan fingerprint density at radius 3 is 2.33 bits per heavy atom. The summed E-state index contributed by atoms with van der Waals surface area (Å²) in [6, 6.07) is 13.5. The Morgan fingerprint density at radius 2 is 1.75 bits per heavy atom. The molecule has 128 valence electrons. The van der Waals surface area contributed by atoms with Gasteiger partial charge in [0, 0.05) is 17.8 Å². The van der Waals surface area contributed by atoms with Gasteiger partial charge in [-0.1, -0.05) is 32.0 Å². The van der Waals surface area contributed by atoms with Crippen LogP contribution in [0.3, 0.4) is 0 Å². The molecule has 0 saturated heterocycles. The highest BCUT2D eigenvalue weighted by atomic mass is 32.2. The minimum absolute atomic E-state index is 0.193. The summed E-state index contributed by atoms with van der Waals surface area (Å²) in [5, 5.41) is 2.80. The highest BCUT2D eigenvalue weighted by Crippen LogP contribution is 2.20. The van der Waals surface area contributed by atoms with Crippen LogP contribution in [0.4, 0.5) is 5.69 Å². The normalized spacial score (nSPS) is 11.5. The van der Waals surface area contributed by atoms with E-state index in [1.807, 2.05) is 19.9 Å². The molecule has 0 heterocycles. The Balaban J connectivity index is 2.17. The van der Waals surface area contributed by atoms with E-state index in [2.05, 4.69) is 10.0 Å². The summed E-state index contributed by atoms with van der Waals surface area (Å²) in [4.78, 5) is 12.4. The Hall–Kier alpha value is -2.18. The number of hydrogen-bond donors (Lipinski definition) is 2. The zero-order chi connectivity index (χ0) is 17.7. The van der Waals surface area contributed by atoms with Crippen molar-refractivity contribution < 1.29 is 13.2 Å². The fourth-order valence-electron chi connectivity index (χ4n) is 2.09. The van der Waals surface area contributed by atoms with E-state index in [1.165, 1.54) is 6.07 Å². The lowest BCUT2D eigenvalue weighted by molar-refractivity contribution is 0.102. The molecule has 0 saturated carbocycles. The molecule has 2 rings (SSSR count). The summed E-state index contributed by atoms with van der Waals surface area (Å²) in [6.07, 6.45) is 0. The average Bonchev–Trinajstić information content (AvgIpc) is 2.55. The van der Waals surface area contributed by atoms with Crippen LogP contribution in [0.25, 0.3) is 0 Å². The lowest BCUT2D eigenvalue weighted by atomic mass is 10.1. The first-order valence-corrected chi connectivity index (χ1v) is 9.24. The Labute approximate surface area is 143 Å². The number of hydrogen-bond acceptors (Lipinski definition) is 3. The maximum atomic E-state index is 12.2. The van der Waals surface area contributed by atoms with Gasteiger partial charge < -0.3 is 5.32 Å². The molecular weight excluding hydrogens is 324 g/mol. The van der Waals surface area contributed by atoms with Crippen LogP contribution in [0.1, 0.15) is 29.8 Å². The van der Waals surface area contributed by atoms with Gasteiger partial charge in [0.25, 0.3) is 5.91 Å². The summed E-state index contributed by atoms with van der Waals surface area (Å²) in [5.41, 5.74) is 1.82. The molecule has 0 atom stereocenters. The standard InChI is InChI=1S/C18H22N2O3S/c1-13(2)12-19-24(22,23)16-9-10-17(14(3)11-16)20-18(21)15-7-5-4-6-8-15/h4-11,13,19H,12H2,1-3H3,(H,20,21). The molecule has 0 aromatic heterocycles. The van der Waals surface area contributed by atoms with Gasteiger partial charge >= 0.3 is 0 Å². The highest BCUT2D eigenvalue weighted by molar-refractivity contribution is 7.89. The van der Waals surface area contributed by atoms with E-state index >= 15 is 0 Å². The molecule has 0 aliphatic rings. The van der Waals surface area contributed by atoms with Gasteiger partial charge in [-0.25, -0.2) is 13.1 Å². The van der Waals surface area contributed by atoms with Gasteiger partial charge in [0.15, 0.2) is 0 Å². The van der Waals surface area contributed by atoms with E-state index < -0.39 is 10.0 Å². The van der Waals surface area contributed by atoms with Crippen LogP contribution in [-0.2, 0) is 10.0 Å². The first kappa shape index (κ1) is 18.2. The summed E-state index contributed by atoms with van der Waals surface area (Å²) < 4.78 is 27.1. The van der Waals surface area contributed by atoms with Crippen molar-refractivity contribution in [3.8, 4) is 0 Å². The molecule has 0 aliphatic carbocycles. The predicted molar refractivity (Wildman–Crippen MR) is 95.6 cm³/mol. The molecule has 2 N–H and O–H groups in total. The first-order chi connectivity index (χ1) is 11.3. The van der Waals surface area contributed by atoms with Gasteiger partial charge in [-0.3, -0.25) is 4.79 Å². The third-order valence-corrected chi connectivity index (χ3v) is 4.90. The summed E-state index contributed by atoms with van der Waals surface area (Å²) in [6.45, 7) is 6.03. The first-order valence-electron chi connectivity index (χ1n) is 7.76. The Kier molecular flexibility index (Phi) is 5.75. The van der Waals surface area contributed by atoms with Gasteiger partial charge in [-0.15, -0.1) is 0 Å². The predicted octanol–water partition coefficient (Wildman–Crippen LogP) is 3.18. The fraction of sp³-hybridized carbons (Fsp3) is 0.278. The van der Waals surface area contributed by atoms with Crippen LogP contribution >= 0.6 is 0 Å². The molecule has 1 amide bonds. The lowest BCUT2D eigenvalue weighted by Gasteiger charge is -2.12. The van der Waals surface area contributed by atoms with Crippen LogP contribution in [0, 0.1) is 12.8 Å². The molecule has 2 aromatic rings. The van der Waals surface area contributed by atoms with E-state index in [0.29, 0.717) is 23.4 Å². The van der Waals surface area contributed by atoms with Crippen molar-refractivity contribution in [2.24, 2.45) is 5.92 Å². The van der Waals surface area contributed by atoms with Gasteiger partial charge in [0.2, 0.25) is 10.0 Å². The van der Waals surface area contributed by atoms with E-state index in [0.717, 1.165) is 0 Å². The molecule has 2 aromatic carbocycles. The van der Waals surface area contributed by atoms with Crippen molar-refractivity contribution in [1.82, 2.24) is 4.72 Å². The number of benzene rings is 2. The highest BCUT2D eigenvalue weighted by Gasteiger charge is 2.16. The van der Waals surface area contributed by atoms with Crippen molar-refractivity contribution in [2.75, 3.05) is 11.9 Å². The second-order valence-corrected chi connectivity index (χ2v) is 7.81. The number of anilines is 1. The second-order valence-electron chi connectivity index (χ2n) is 6.04. The van der Waals surface area contributed by atoms with Crippen molar-refractivity contribution >= 4 is 21.6 Å². The maximum absolute atomic E-state index is 12.2.